The van der Waals surface area contributed by atoms with Gasteiger partial charge in [-0.15, -0.1) is 5.10 Å². The molecule has 1 N–H and O–H groups in total. The van der Waals surface area contributed by atoms with Gasteiger partial charge in [0.15, 0.2) is 17.3 Å². The van der Waals surface area contributed by atoms with Crippen LogP contribution in [0.15, 0.2) is 41.3 Å². The van der Waals surface area contributed by atoms with Crippen LogP contribution in [0.4, 0.5) is 13.2 Å². The van der Waals surface area contributed by atoms with E-state index < -0.39 is 41.6 Å². The lowest BCUT2D eigenvalue weighted by Gasteiger charge is -2.14. The summed E-state index contributed by atoms with van der Waals surface area (Å²) in [5.41, 5.74) is -0.145. The van der Waals surface area contributed by atoms with E-state index in [0.29, 0.717) is 5.56 Å². The number of pyridine rings is 1. The molecule has 0 unspecified atom stereocenters. The SMILES string of the molecule is C[C@H](NC(=O)Cn1nc2cc(F)ccn2c1=O)c1ccc(F)c(F)c1. The van der Waals surface area contributed by atoms with E-state index in [1.54, 1.807) is 6.92 Å². The van der Waals surface area contributed by atoms with Crippen LogP contribution in [0.2, 0.25) is 0 Å². The number of carbonyl (C=O) groups is 1. The zero-order chi connectivity index (χ0) is 18.1. The van der Waals surface area contributed by atoms with Crippen molar-refractivity contribution in [1.29, 1.82) is 0 Å². The third-order valence-electron chi connectivity index (χ3n) is 3.66. The Morgan fingerprint density at radius 3 is 2.68 bits per heavy atom. The van der Waals surface area contributed by atoms with E-state index in [0.717, 1.165) is 33.3 Å². The van der Waals surface area contributed by atoms with E-state index in [9.17, 15) is 22.8 Å². The minimum atomic E-state index is -1.02. The normalized spacial score (nSPS) is 12.3. The van der Waals surface area contributed by atoms with Crippen molar-refractivity contribution in [3.8, 4) is 0 Å². The van der Waals surface area contributed by atoms with Gasteiger partial charge in [0, 0.05) is 12.3 Å². The maximum absolute atomic E-state index is 13.3. The van der Waals surface area contributed by atoms with E-state index in [2.05, 4.69) is 10.4 Å². The monoisotopic (exact) mass is 350 g/mol. The van der Waals surface area contributed by atoms with Crippen LogP contribution in [0.3, 0.4) is 0 Å². The summed E-state index contributed by atoms with van der Waals surface area (Å²) < 4.78 is 41.4. The first-order valence-electron chi connectivity index (χ1n) is 7.34. The first-order valence-corrected chi connectivity index (χ1v) is 7.34. The molecule has 0 fully saturated rings. The molecule has 1 amide bonds. The molecule has 9 heteroatoms. The van der Waals surface area contributed by atoms with Crippen LogP contribution in [-0.4, -0.2) is 20.1 Å². The maximum atomic E-state index is 13.3. The molecule has 0 aliphatic heterocycles. The highest BCUT2D eigenvalue weighted by Crippen LogP contribution is 2.15. The van der Waals surface area contributed by atoms with Gasteiger partial charge in [-0.25, -0.2) is 22.6 Å². The van der Waals surface area contributed by atoms with Crippen LogP contribution in [0.1, 0.15) is 18.5 Å². The number of fused-ring (bicyclic) bond motifs is 1. The Morgan fingerprint density at radius 2 is 1.96 bits per heavy atom. The molecule has 1 aromatic carbocycles. The fraction of sp³-hybridized carbons (Fsp3) is 0.188. The molecule has 25 heavy (non-hydrogen) atoms. The summed E-state index contributed by atoms with van der Waals surface area (Å²) in [4.78, 5) is 24.2. The topological polar surface area (TPSA) is 68.4 Å². The summed E-state index contributed by atoms with van der Waals surface area (Å²) >= 11 is 0. The van der Waals surface area contributed by atoms with Crippen molar-refractivity contribution in [2.75, 3.05) is 0 Å². The average molecular weight is 350 g/mol. The molecule has 0 bridgehead atoms. The fourth-order valence-corrected chi connectivity index (χ4v) is 2.38. The van der Waals surface area contributed by atoms with Crippen molar-refractivity contribution in [1.82, 2.24) is 19.5 Å². The maximum Gasteiger partial charge on any atom is 0.350 e. The molecule has 1 atom stereocenters. The third kappa shape index (κ3) is 3.39. The van der Waals surface area contributed by atoms with Crippen LogP contribution in [0, 0.1) is 17.5 Å². The van der Waals surface area contributed by atoms with Crippen LogP contribution >= 0.6 is 0 Å². The third-order valence-corrected chi connectivity index (χ3v) is 3.66. The predicted molar refractivity (Wildman–Crippen MR) is 82.3 cm³/mol. The number of rotatable bonds is 4. The van der Waals surface area contributed by atoms with Gasteiger partial charge in [-0.3, -0.25) is 9.20 Å². The molecule has 130 valence electrons. The van der Waals surface area contributed by atoms with Gasteiger partial charge in [0.05, 0.1) is 6.04 Å². The smallest absolute Gasteiger partial charge is 0.348 e. The van der Waals surface area contributed by atoms with Crippen molar-refractivity contribution >= 4 is 11.6 Å². The summed E-state index contributed by atoms with van der Waals surface area (Å²) in [6, 6.07) is 4.87. The second-order valence-corrected chi connectivity index (χ2v) is 5.48. The van der Waals surface area contributed by atoms with Crippen molar-refractivity contribution < 1.29 is 18.0 Å². The Morgan fingerprint density at radius 1 is 1.20 bits per heavy atom. The lowest BCUT2D eigenvalue weighted by atomic mass is 10.1. The number of hydrogen-bond donors (Lipinski definition) is 1. The van der Waals surface area contributed by atoms with Gasteiger partial charge >= 0.3 is 5.69 Å². The minimum Gasteiger partial charge on any atom is -0.348 e. The van der Waals surface area contributed by atoms with Crippen LogP contribution in [0.5, 0.6) is 0 Å². The van der Waals surface area contributed by atoms with Gasteiger partial charge in [-0.05, 0) is 30.7 Å². The number of hydrogen-bond acceptors (Lipinski definition) is 3. The predicted octanol–water partition coefficient (Wildman–Crippen LogP) is 1.79. The molecule has 0 saturated carbocycles. The second kappa shape index (κ2) is 6.42. The molecular formula is C16H13F3N4O2. The number of carbonyl (C=O) groups excluding carboxylic acids is 1. The average Bonchev–Trinajstić information content (AvgIpc) is 2.85. The Labute approximate surface area is 139 Å². The quantitative estimate of drug-likeness (QED) is 0.780. The Bertz CT molecular complexity index is 1010. The molecule has 3 aromatic rings. The van der Waals surface area contributed by atoms with Gasteiger partial charge in [-0.2, -0.15) is 0 Å². The molecule has 0 aliphatic carbocycles. The number of halogens is 3. The first-order chi connectivity index (χ1) is 11.8. The lowest BCUT2D eigenvalue weighted by Crippen LogP contribution is -2.34. The van der Waals surface area contributed by atoms with E-state index in [1.165, 1.54) is 12.3 Å². The Hall–Kier alpha value is -3.10. The van der Waals surface area contributed by atoms with Crippen molar-refractivity contribution in [3.05, 3.63) is 70.0 Å². The van der Waals surface area contributed by atoms with Gasteiger partial charge in [-0.1, -0.05) is 6.07 Å². The molecule has 2 aromatic heterocycles. The Kier molecular flexibility index (Phi) is 4.30. The summed E-state index contributed by atoms with van der Waals surface area (Å²) in [6.07, 6.45) is 1.22. The molecule has 6 nitrogen and oxygen atoms in total. The fourth-order valence-electron chi connectivity index (χ4n) is 2.38. The number of nitrogens with one attached hydrogen (secondary N) is 1. The molecular weight excluding hydrogens is 337 g/mol. The highest BCUT2D eigenvalue weighted by molar-refractivity contribution is 5.76. The summed E-state index contributed by atoms with van der Waals surface area (Å²) in [7, 11) is 0. The van der Waals surface area contributed by atoms with E-state index in [1.807, 2.05) is 0 Å². The van der Waals surface area contributed by atoms with Crippen LogP contribution in [0.25, 0.3) is 5.65 Å². The molecule has 0 spiro atoms. The highest BCUT2D eigenvalue weighted by atomic mass is 19.2. The second-order valence-electron chi connectivity index (χ2n) is 5.48. The molecule has 0 saturated heterocycles. The first kappa shape index (κ1) is 16.7. The van der Waals surface area contributed by atoms with Gasteiger partial charge < -0.3 is 5.32 Å². The van der Waals surface area contributed by atoms with Crippen molar-refractivity contribution in [2.45, 2.75) is 19.5 Å². The van der Waals surface area contributed by atoms with Crippen LogP contribution in [-0.2, 0) is 11.3 Å². The number of amides is 1. The van der Waals surface area contributed by atoms with E-state index in [-0.39, 0.29) is 5.65 Å². The molecule has 0 radical (unpaired) electrons. The van der Waals surface area contributed by atoms with Gasteiger partial charge in [0.25, 0.3) is 0 Å². The standard InChI is InChI=1S/C16H13F3N4O2/c1-9(10-2-3-12(18)13(19)6-10)20-15(24)8-23-16(25)22-5-4-11(17)7-14(22)21-23/h2-7,9H,8H2,1H3,(H,20,24)/t9-/m0/s1. The van der Waals surface area contributed by atoms with E-state index >= 15 is 0 Å². The Balaban J connectivity index is 1.75. The highest BCUT2D eigenvalue weighted by Gasteiger charge is 2.15. The zero-order valence-corrected chi connectivity index (χ0v) is 13.0. The van der Waals surface area contributed by atoms with Crippen molar-refractivity contribution in [3.63, 3.8) is 0 Å². The largest absolute Gasteiger partial charge is 0.350 e. The number of aromatic nitrogens is 3. The number of benzene rings is 1. The summed E-state index contributed by atoms with van der Waals surface area (Å²) in [5, 5.41) is 6.44. The van der Waals surface area contributed by atoms with Crippen molar-refractivity contribution in [2.24, 2.45) is 0 Å². The minimum absolute atomic E-state index is 0.0754. The molecule has 3 rings (SSSR count). The summed E-state index contributed by atoms with van der Waals surface area (Å²) in [5.74, 6) is -3.10. The van der Waals surface area contributed by atoms with E-state index in [4.69, 9.17) is 0 Å². The summed E-state index contributed by atoms with van der Waals surface area (Å²) in [6.45, 7) is 1.20. The lowest BCUT2D eigenvalue weighted by molar-refractivity contribution is -0.122. The molecule has 0 aliphatic rings. The molecule has 2 heterocycles. The number of nitrogens with zero attached hydrogens (tertiary/aromatic N) is 3. The zero-order valence-electron chi connectivity index (χ0n) is 13.0. The van der Waals surface area contributed by atoms with Gasteiger partial charge in [0.2, 0.25) is 5.91 Å². The van der Waals surface area contributed by atoms with Gasteiger partial charge in [0.1, 0.15) is 12.4 Å². The van der Waals surface area contributed by atoms with Crippen LogP contribution < -0.4 is 11.0 Å².